The van der Waals surface area contributed by atoms with Gasteiger partial charge in [-0.25, -0.2) is 21.6 Å². The predicted octanol–water partition coefficient (Wildman–Crippen LogP) is 7.00. The summed E-state index contributed by atoms with van der Waals surface area (Å²) in [7, 11) is -3.85. The Morgan fingerprint density at radius 1 is 0.975 bits per heavy atom. The average Bonchev–Trinajstić information content (AvgIpc) is 3.49. The van der Waals surface area contributed by atoms with Gasteiger partial charge in [-0.05, 0) is 76.7 Å². The van der Waals surface area contributed by atoms with E-state index < -0.39 is 54.6 Å². The van der Waals surface area contributed by atoms with Crippen LogP contribution in [0.5, 0.6) is 0 Å². The van der Waals surface area contributed by atoms with Crippen LogP contribution in [-0.4, -0.2) is 37.7 Å². The summed E-state index contributed by atoms with van der Waals surface area (Å²) in [4.78, 5) is -0.0362. The molecule has 1 spiro atoms. The van der Waals surface area contributed by atoms with Gasteiger partial charge in [0.05, 0.1) is 27.3 Å². The van der Waals surface area contributed by atoms with Gasteiger partial charge in [-0.1, -0.05) is 35.3 Å². The smallest absolute Gasteiger partial charge is 0.363 e. The first-order chi connectivity index (χ1) is 18.8. The van der Waals surface area contributed by atoms with Gasteiger partial charge in [-0.3, -0.25) is 0 Å². The molecule has 0 saturated carbocycles. The molecule has 40 heavy (non-hydrogen) atoms. The van der Waals surface area contributed by atoms with Crippen LogP contribution < -0.4 is 0 Å². The van der Waals surface area contributed by atoms with Gasteiger partial charge in [0.15, 0.2) is 10.6 Å². The third-order valence-electron chi connectivity index (χ3n) is 7.38. The summed E-state index contributed by atoms with van der Waals surface area (Å²) in [5.74, 6) is -1.55. The molecule has 6 rings (SSSR count). The number of nitrogens with zero attached hydrogens (tertiary/aromatic N) is 2. The molecule has 3 aromatic carbocycles. The maximum atomic E-state index is 14.4. The lowest BCUT2D eigenvalue weighted by Crippen LogP contribution is -2.60. The number of ether oxygens (including phenoxy) is 1. The van der Waals surface area contributed by atoms with Gasteiger partial charge in [-0.15, -0.1) is 0 Å². The molecule has 0 bridgehead atoms. The second kappa shape index (κ2) is 9.40. The van der Waals surface area contributed by atoms with Gasteiger partial charge in [0.25, 0.3) is 0 Å². The first-order valence-electron chi connectivity index (χ1n) is 11.8. The Hall–Kier alpha value is -2.22. The molecule has 0 unspecified atom stereocenters. The van der Waals surface area contributed by atoms with Crippen molar-refractivity contribution in [1.29, 1.82) is 0 Å². The molecule has 210 valence electrons. The zero-order valence-corrected chi connectivity index (χ0v) is 23.3. The molecule has 3 heterocycles. The number of sulfonamides is 1. The van der Waals surface area contributed by atoms with Gasteiger partial charge in [0.2, 0.25) is 10.0 Å². The maximum absolute atomic E-state index is 14.4. The number of fused-ring (bicyclic) bond motifs is 2. The van der Waals surface area contributed by atoms with Gasteiger partial charge in [-0.2, -0.15) is 17.5 Å². The summed E-state index contributed by atoms with van der Waals surface area (Å²) >= 11 is 11.9. The van der Waals surface area contributed by atoms with E-state index in [4.69, 9.17) is 27.9 Å². The standard InChI is InChI=1S/C26H17Cl2F5N2O3S2/c27-20-8-16(9-21(28)23(20)30)25(26(31,32)33)10-22(34-39-25)14-1-6-19-15(7-14)11-38-24(19)12-35(13-24)40(36,37)18-4-2-17(29)3-5-18/h1-9H,10-13H2/t25-/m0/s1. The fourth-order valence-corrected chi connectivity index (χ4v) is 8.17. The summed E-state index contributed by atoms with van der Waals surface area (Å²) in [6, 6.07) is 11.4. The quantitative estimate of drug-likeness (QED) is 0.176. The summed E-state index contributed by atoms with van der Waals surface area (Å²) in [5, 5.41) is -1.03. The van der Waals surface area contributed by atoms with Crippen LogP contribution in [0.2, 0.25) is 10.0 Å². The Kier molecular flexibility index (Phi) is 6.56. The molecule has 5 nitrogen and oxygen atoms in total. The highest BCUT2D eigenvalue weighted by molar-refractivity contribution is 7.99. The number of hydrogen-bond acceptors (Lipinski definition) is 5. The van der Waals surface area contributed by atoms with E-state index in [1.807, 2.05) is 0 Å². The van der Waals surface area contributed by atoms with E-state index in [0.717, 1.165) is 29.8 Å². The topological polar surface area (TPSA) is 59.0 Å². The number of halogens is 7. The number of hydrogen-bond donors (Lipinski definition) is 0. The number of rotatable bonds is 4. The van der Waals surface area contributed by atoms with E-state index in [0.29, 0.717) is 23.1 Å². The minimum absolute atomic E-state index is 0.0362. The van der Waals surface area contributed by atoms with Crippen molar-refractivity contribution in [2.75, 3.05) is 13.1 Å². The second-order valence-electron chi connectivity index (χ2n) is 9.77. The van der Waals surface area contributed by atoms with Crippen molar-refractivity contribution < 1.29 is 35.1 Å². The molecular formula is C26H17Cl2F5N2O3S2. The van der Waals surface area contributed by atoms with Crippen LogP contribution in [0.4, 0.5) is 22.0 Å². The van der Waals surface area contributed by atoms with Gasteiger partial charge in [0, 0.05) is 19.5 Å². The molecule has 0 N–H and O–H groups in total. The molecule has 3 aliphatic heterocycles. The Morgan fingerprint density at radius 2 is 1.62 bits per heavy atom. The molecule has 1 saturated heterocycles. The minimum atomic E-state index is -4.76. The lowest BCUT2D eigenvalue weighted by Gasteiger charge is -2.46. The Bertz CT molecular complexity index is 1650. The van der Waals surface area contributed by atoms with Crippen LogP contribution in [0.25, 0.3) is 0 Å². The molecule has 0 radical (unpaired) electrons. The van der Waals surface area contributed by atoms with E-state index in [-0.39, 0.29) is 35.9 Å². The van der Waals surface area contributed by atoms with Crippen LogP contribution in [0.15, 0.2) is 63.9 Å². The van der Waals surface area contributed by atoms with Crippen molar-refractivity contribution >= 4 is 50.9 Å². The lowest BCUT2D eigenvalue weighted by molar-refractivity contribution is -0.159. The van der Waals surface area contributed by atoms with Crippen LogP contribution in [0.1, 0.15) is 28.7 Å². The van der Waals surface area contributed by atoms with Gasteiger partial charge in [0.1, 0.15) is 11.4 Å². The highest BCUT2D eigenvalue weighted by Crippen LogP contribution is 2.57. The average molecular weight is 635 g/mol. The highest BCUT2D eigenvalue weighted by atomic mass is 35.5. The normalized spacial score (nSPS) is 22.3. The lowest BCUT2D eigenvalue weighted by atomic mass is 9.85. The van der Waals surface area contributed by atoms with E-state index >= 15 is 0 Å². The molecule has 1 atom stereocenters. The Balaban J connectivity index is 1.24. The molecule has 0 amide bonds. The monoisotopic (exact) mass is 634 g/mol. The third kappa shape index (κ3) is 4.26. The first kappa shape index (κ1) is 27.9. The largest absolute Gasteiger partial charge is 0.409 e. The number of benzene rings is 3. The molecule has 0 aromatic heterocycles. The van der Waals surface area contributed by atoms with Gasteiger partial charge >= 0.3 is 6.18 Å². The van der Waals surface area contributed by atoms with Crippen molar-refractivity contribution in [2.24, 2.45) is 4.40 Å². The van der Waals surface area contributed by atoms with E-state index in [1.54, 1.807) is 18.2 Å². The Morgan fingerprint density at radius 3 is 2.25 bits per heavy atom. The summed E-state index contributed by atoms with van der Waals surface area (Å²) < 4.78 is 105. The highest BCUT2D eigenvalue weighted by Gasteiger charge is 2.60. The number of alkyl halides is 3. The van der Waals surface area contributed by atoms with E-state index in [9.17, 15) is 30.4 Å². The molecular weight excluding hydrogens is 618 g/mol. The molecule has 14 heteroatoms. The van der Waals surface area contributed by atoms with Crippen molar-refractivity contribution in [3.05, 3.63) is 98.5 Å². The zero-order chi connectivity index (χ0) is 28.7. The van der Waals surface area contributed by atoms with E-state index in [1.165, 1.54) is 16.4 Å². The van der Waals surface area contributed by atoms with Crippen LogP contribution in [0.3, 0.4) is 0 Å². The maximum Gasteiger partial charge on any atom is 0.409 e. The SMILES string of the molecule is O=S(=O)(c1ccc(F)cc1)N1CC2(C1)OCc1cc(C3=NS[C@@](c4cc(Cl)c(F)c(Cl)c4)(C(F)(F)F)C3)ccc12. The first-order valence-corrected chi connectivity index (χ1v) is 14.7. The predicted molar refractivity (Wildman–Crippen MR) is 141 cm³/mol. The van der Waals surface area contributed by atoms with Crippen molar-refractivity contribution in [3.8, 4) is 0 Å². The summed E-state index contributed by atoms with van der Waals surface area (Å²) in [6.45, 7) is 0.222. The summed E-state index contributed by atoms with van der Waals surface area (Å²) in [5.41, 5.74) is 0.892. The summed E-state index contributed by atoms with van der Waals surface area (Å²) in [6.07, 6.45) is -5.30. The fraction of sp³-hybridized carbons (Fsp3) is 0.269. The fourth-order valence-electron chi connectivity index (χ4n) is 5.19. The zero-order valence-electron chi connectivity index (χ0n) is 20.1. The molecule has 3 aliphatic rings. The van der Waals surface area contributed by atoms with Crippen LogP contribution in [-0.2, 0) is 31.7 Å². The molecule has 0 aliphatic carbocycles. The van der Waals surface area contributed by atoms with Gasteiger partial charge < -0.3 is 4.74 Å². The van der Waals surface area contributed by atoms with E-state index in [2.05, 4.69) is 4.40 Å². The second-order valence-corrected chi connectivity index (χ2v) is 13.6. The molecule has 1 fully saturated rings. The minimum Gasteiger partial charge on any atom is -0.363 e. The van der Waals surface area contributed by atoms with Crippen LogP contribution in [0, 0.1) is 11.6 Å². The third-order valence-corrected chi connectivity index (χ3v) is 11.0. The van der Waals surface area contributed by atoms with Crippen LogP contribution >= 0.6 is 35.1 Å². The van der Waals surface area contributed by atoms with Crippen molar-refractivity contribution in [3.63, 3.8) is 0 Å². The Labute approximate surface area is 240 Å². The molecule has 3 aromatic rings. The van der Waals surface area contributed by atoms with Crippen molar-refractivity contribution in [1.82, 2.24) is 4.31 Å². The van der Waals surface area contributed by atoms with Crippen molar-refractivity contribution in [2.45, 2.75) is 34.4 Å².